The van der Waals surface area contributed by atoms with Gasteiger partial charge in [0.05, 0.1) is 0 Å². The molecule has 4 aliphatic carbocycles. The summed E-state index contributed by atoms with van der Waals surface area (Å²) in [6.07, 6.45) is 9.97. The predicted molar refractivity (Wildman–Crippen MR) is 86.2 cm³/mol. The van der Waals surface area contributed by atoms with Crippen LogP contribution in [0.3, 0.4) is 0 Å². The molecular formula is C20H27N. The van der Waals surface area contributed by atoms with E-state index < -0.39 is 0 Å². The molecule has 0 amide bonds. The van der Waals surface area contributed by atoms with E-state index in [1.807, 2.05) is 0 Å². The summed E-state index contributed by atoms with van der Waals surface area (Å²) in [5.74, 6) is 4.24. The lowest BCUT2D eigenvalue weighted by molar-refractivity contribution is 0.433. The van der Waals surface area contributed by atoms with Crippen LogP contribution in [0.5, 0.6) is 0 Å². The largest absolute Gasteiger partial charge is 0.307 e. The van der Waals surface area contributed by atoms with Gasteiger partial charge in [-0.3, -0.25) is 0 Å². The number of rotatable bonds is 3. The lowest BCUT2D eigenvalue weighted by Gasteiger charge is -2.21. The Hall–Kier alpha value is -0.820. The lowest BCUT2D eigenvalue weighted by atomic mass is 9.89. The summed E-state index contributed by atoms with van der Waals surface area (Å²) < 4.78 is 0. The Morgan fingerprint density at radius 3 is 2.48 bits per heavy atom. The van der Waals surface area contributed by atoms with E-state index in [9.17, 15) is 0 Å². The van der Waals surface area contributed by atoms with Crippen molar-refractivity contribution in [2.45, 2.75) is 64.0 Å². The first-order valence-corrected chi connectivity index (χ1v) is 9.19. The lowest BCUT2D eigenvalue weighted by Crippen LogP contribution is -2.26. The van der Waals surface area contributed by atoms with Gasteiger partial charge in [0.25, 0.3) is 0 Å². The van der Waals surface area contributed by atoms with Crippen LogP contribution in [0.25, 0.3) is 0 Å². The highest BCUT2D eigenvalue weighted by Crippen LogP contribution is 2.65. The Kier molecular flexibility index (Phi) is 2.77. The standard InChI is InChI=1S/C20H27N/c1-12(14-7-6-13-4-2-3-5-15(13)10-14)21-20-18-16-8-9-17(11-16)19(18)20/h6-7,10,12,16-21H,2-5,8-9,11H2,1H3. The van der Waals surface area contributed by atoms with Crippen molar-refractivity contribution in [2.24, 2.45) is 23.7 Å². The van der Waals surface area contributed by atoms with Gasteiger partial charge >= 0.3 is 0 Å². The minimum absolute atomic E-state index is 0.534. The number of benzene rings is 1. The highest BCUT2D eigenvalue weighted by Gasteiger charge is 2.64. The predicted octanol–water partition coefficient (Wildman–Crippen LogP) is 4.26. The smallest absolute Gasteiger partial charge is 0.0294 e. The first kappa shape index (κ1) is 12.7. The van der Waals surface area contributed by atoms with E-state index in [0.29, 0.717) is 6.04 Å². The summed E-state index contributed by atoms with van der Waals surface area (Å²) in [5, 5.41) is 3.98. The molecule has 0 aliphatic heterocycles. The summed E-state index contributed by atoms with van der Waals surface area (Å²) in [6, 6.07) is 8.67. The molecule has 0 spiro atoms. The second kappa shape index (κ2) is 4.59. The fourth-order valence-corrected chi connectivity index (χ4v) is 5.96. The van der Waals surface area contributed by atoms with Crippen LogP contribution in [0.15, 0.2) is 18.2 Å². The molecular weight excluding hydrogens is 254 g/mol. The van der Waals surface area contributed by atoms with Crippen LogP contribution >= 0.6 is 0 Å². The van der Waals surface area contributed by atoms with Crippen LogP contribution in [-0.4, -0.2) is 6.04 Å². The third-order valence-electron chi connectivity index (χ3n) is 7.05. The number of nitrogens with one attached hydrogen (secondary N) is 1. The van der Waals surface area contributed by atoms with Crippen molar-refractivity contribution in [1.82, 2.24) is 5.32 Å². The third kappa shape index (κ3) is 1.93. The molecule has 1 aromatic carbocycles. The number of aryl methyl sites for hydroxylation is 2. The van der Waals surface area contributed by atoms with Gasteiger partial charge in [-0.2, -0.15) is 0 Å². The number of hydrogen-bond acceptors (Lipinski definition) is 1. The van der Waals surface area contributed by atoms with Gasteiger partial charge in [-0.25, -0.2) is 0 Å². The SMILES string of the molecule is CC(NC1C2C3CCC(C3)C12)c1ccc2c(c1)CCCC2. The zero-order valence-electron chi connectivity index (χ0n) is 13.1. The first-order valence-electron chi connectivity index (χ1n) is 9.19. The fraction of sp³-hybridized carbons (Fsp3) is 0.700. The highest BCUT2D eigenvalue weighted by molar-refractivity contribution is 5.35. The number of hydrogen-bond donors (Lipinski definition) is 1. The van der Waals surface area contributed by atoms with Gasteiger partial charge in [0, 0.05) is 12.1 Å². The molecule has 5 unspecified atom stereocenters. The van der Waals surface area contributed by atoms with Crippen molar-refractivity contribution < 1.29 is 0 Å². The highest BCUT2D eigenvalue weighted by atomic mass is 15.0. The molecule has 5 atom stereocenters. The Bertz CT molecular complexity index is 547. The molecule has 0 saturated heterocycles. The first-order chi connectivity index (χ1) is 10.3. The fourth-order valence-electron chi connectivity index (χ4n) is 5.96. The summed E-state index contributed by atoms with van der Waals surface area (Å²) in [5.41, 5.74) is 4.76. The minimum atomic E-state index is 0.534. The molecule has 3 saturated carbocycles. The van der Waals surface area contributed by atoms with Gasteiger partial charge < -0.3 is 5.32 Å². The molecule has 5 rings (SSSR count). The van der Waals surface area contributed by atoms with Crippen molar-refractivity contribution in [2.75, 3.05) is 0 Å². The molecule has 112 valence electrons. The quantitative estimate of drug-likeness (QED) is 0.873. The van der Waals surface area contributed by atoms with Crippen molar-refractivity contribution >= 4 is 0 Å². The van der Waals surface area contributed by atoms with Crippen LogP contribution in [-0.2, 0) is 12.8 Å². The Labute approximate surface area is 128 Å². The van der Waals surface area contributed by atoms with Gasteiger partial charge in [-0.05, 0) is 92.2 Å². The Morgan fingerprint density at radius 2 is 1.71 bits per heavy atom. The van der Waals surface area contributed by atoms with Gasteiger partial charge in [0.1, 0.15) is 0 Å². The van der Waals surface area contributed by atoms with E-state index in [1.54, 1.807) is 17.5 Å². The maximum absolute atomic E-state index is 3.98. The summed E-state index contributed by atoms with van der Waals surface area (Å²) >= 11 is 0. The van der Waals surface area contributed by atoms with Crippen LogP contribution in [0.2, 0.25) is 0 Å². The van der Waals surface area contributed by atoms with E-state index in [4.69, 9.17) is 0 Å². The molecule has 3 fully saturated rings. The molecule has 2 bridgehead atoms. The van der Waals surface area contributed by atoms with Gasteiger partial charge in [0.15, 0.2) is 0 Å². The molecule has 4 aliphatic rings. The second-order valence-electron chi connectivity index (χ2n) is 8.14. The van der Waals surface area contributed by atoms with Crippen molar-refractivity contribution in [3.05, 3.63) is 34.9 Å². The van der Waals surface area contributed by atoms with Crippen LogP contribution in [0, 0.1) is 23.7 Å². The molecule has 1 heteroatoms. The van der Waals surface area contributed by atoms with E-state index in [0.717, 1.165) is 29.7 Å². The molecule has 1 N–H and O–H groups in total. The maximum atomic E-state index is 3.98. The summed E-state index contributed by atoms with van der Waals surface area (Å²) in [7, 11) is 0. The average molecular weight is 281 g/mol. The molecule has 21 heavy (non-hydrogen) atoms. The topological polar surface area (TPSA) is 12.0 Å². The molecule has 0 radical (unpaired) electrons. The average Bonchev–Trinajstić information content (AvgIpc) is 2.91. The normalized spacial score (nSPS) is 40.7. The van der Waals surface area contributed by atoms with Crippen LogP contribution < -0.4 is 5.32 Å². The van der Waals surface area contributed by atoms with Crippen molar-refractivity contribution in [1.29, 1.82) is 0 Å². The van der Waals surface area contributed by atoms with Crippen LogP contribution in [0.1, 0.15) is 61.8 Å². The summed E-state index contributed by atoms with van der Waals surface area (Å²) in [6.45, 7) is 2.38. The summed E-state index contributed by atoms with van der Waals surface area (Å²) in [4.78, 5) is 0. The zero-order chi connectivity index (χ0) is 14.0. The van der Waals surface area contributed by atoms with Crippen molar-refractivity contribution in [3.63, 3.8) is 0 Å². The Morgan fingerprint density at radius 1 is 1.00 bits per heavy atom. The van der Waals surface area contributed by atoms with Crippen LogP contribution in [0.4, 0.5) is 0 Å². The second-order valence-corrected chi connectivity index (χ2v) is 8.14. The molecule has 0 aromatic heterocycles. The maximum Gasteiger partial charge on any atom is 0.0294 e. The zero-order valence-corrected chi connectivity index (χ0v) is 13.1. The monoisotopic (exact) mass is 281 g/mol. The van der Waals surface area contributed by atoms with E-state index in [1.165, 1.54) is 44.1 Å². The molecule has 0 heterocycles. The van der Waals surface area contributed by atoms with E-state index >= 15 is 0 Å². The van der Waals surface area contributed by atoms with Gasteiger partial charge in [0.2, 0.25) is 0 Å². The van der Waals surface area contributed by atoms with Crippen molar-refractivity contribution in [3.8, 4) is 0 Å². The minimum Gasteiger partial charge on any atom is -0.307 e. The molecule has 1 nitrogen and oxygen atoms in total. The Balaban J connectivity index is 1.30. The van der Waals surface area contributed by atoms with Gasteiger partial charge in [-0.1, -0.05) is 18.2 Å². The third-order valence-corrected chi connectivity index (χ3v) is 7.05. The van der Waals surface area contributed by atoms with E-state index in [-0.39, 0.29) is 0 Å². The van der Waals surface area contributed by atoms with E-state index in [2.05, 4.69) is 30.4 Å². The van der Waals surface area contributed by atoms with Gasteiger partial charge in [-0.15, -0.1) is 0 Å². The number of fused-ring (bicyclic) bond motifs is 6. The molecule has 1 aromatic rings.